The first-order valence-electron chi connectivity index (χ1n) is 41.8. The highest BCUT2D eigenvalue weighted by molar-refractivity contribution is 7.48. The van der Waals surface area contributed by atoms with Crippen LogP contribution in [-0.4, -0.2) is 190 Å². The van der Waals surface area contributed by atoms with Gasteiger partial charge >= 0.3 is 7.82 Å². The van der Waals surface area contributed by atoms with E-state index in [0.29, 0.717) is 181 Å². The van der Waals surface area contributed by atoms with Gasteiger partial charge in [0.2, 0.25) is 17.7 Å². The number of aromatic nitrogens is 12. The van der Waals surface area contributed by atoms with Crippen LogP contribution in [0.1, 0.15) is 119 Å². The van der Waals surface area contributed by atoms with E-state index in [1.54, 1.807) is 36.4 Å². The van der Waals surface area contributed by atoms with Crippen LogP contribution in [0, 0.1) is 33.7 Å². The van der Waals surface area contributed by atoms with Gasteiger partial charge in [0.05, 0.1) is 75.5 Å². The normalized spacial score (nSPS) is 13.3. The largest absolute Gasteiger partial charge is 0.493 e. The van der Waals surface area contributed by atoms with Gasteiger partial charge in [-0.1, -0.05) is 80.5 Å². The molecule has 3 unspecified atom stereocenters. The second-order valence-electron chi connectivity index (χ2n) is 33.9. The second-order valence-corrected chi connectivity index (χ2v) is 35.6. The average Bonchev–Trinajstić information content (AvgIpc) is 1.58. The molecule has 0 radical (unpaired) electrons. The molecule has 125 heavy (non-hydrogen) atoms. The van der Waals surface area contributed by atoms with Crippen LogP contribution in [0.25, 0.3) is 32.7 Å². The number of benzene rings is 6. The van der Waals surface area contributed by atoms with Crippen LogP contribution in [0.3, 0.4) is 0 Å². The van der Waals surface area contributed by atoms with Gasteiger partial charge in [-0.15, -0.1) is 0 Å². The predicted molar refractivity (Wildman–Crippen MR) is 478 cm³/mol. The van der Waals surface area contributed by atoms with Gasteiger partial charge < -0.3 is 46.1 Å². The molecule has 0 aliphatic rings. The zero-order chi connectivity index (χ0) is 88.8. The fourth-order valence-corrected chi connectivity index (χ4v) is 15.0. The third kappa shape index (κ3) is 27.5. The molecule has 0 aliphatic carbocycles. The molecular weight excluding hydrogens is 1620 g/mol. The van der Waals surface area contributed by atoms with Gasteiger partial charge in [-0.2, -0.15) is 15.3 Å². The van der Waals surface area contributed by atoms with Gasteiger partial charge in [-0.3, -0.25) is 58.0 Å². The number of aromatic amines is 3. The van der Waals surface area contributed by atoms with Crippen molar-refractivity contribution in [3.8, 4) is 17.2 Å². The maximum atomic E-state index is 15.5. The second kappa shape index (κ2) is 42.6. The lowest BCUT2D eigenvalue weighted by atomic mass is 9.87. The third-order valence-electron chi connectivity index (χ3n) is 21.7. The molecule has 31 nitrogen and oxygen atoms in total. The summed E-state index contributed by atoms with van der Waals surface area (Å²) in [5.41, 5.74) is 4.10. The van der Waals surface area contributed by atoms with Crippen molar-refractivity contribution in [3.05, 3.63) is 199 Å². The molecule has 6 heterocycles. The van der Waals surface area contributed by atoms with Crippen molar-refractivity contribution in [2.24, 2.45) is 16.2 Å². The number of nitrogens with one attached hydrogen (secondary N) is 9. The van der Waals surface area contributed by atoms with Crippen molar-refractivity contribution in [2.75, 3.05) is 111 Å². The lowest BCUT2D eigenvalue weighted by Crippen LogP contribution is -2.45. The van der Waals surface area contributed by atoms with Gasteiger partial charge in [0.15, 0.2) is 17.5 Å². The minimum atomic E-state index is -4.28. The highest BCUT2D eigenvalue weighted by Gasteiger charge is 2.34. The number of rotatable bonds is 45. The summed E-state index contributed by atoms with van der Waals surface area (Å²) in [5.74, 6) is 2.29. The fourth-order valence-electron chi connectivity index (χ4n) is 13.9. The molecule has 0 saturated heterocycles. The van der Waals surface area contributed by atoms with E-state index in [0.717, 1.165) is 16.2 Å². The summed E-state index contributed by atoms with van der Waals surface area (Å²) >= 11 is 0. The van der Waals surface area contributed by atoms with Gasteiger partial charge in [-0.25, -0.2) is 47.6 Å². The lowest BCUT2D eigenvalue weighted by Gasteiger charge is -2.39. The number of anilines is 9. The molecule has 12 aromatic rings. The van der Waals surface area contributed by atoms with Crippen molar-refractivity contribution in [2.45, 2.75) is 140 Å². The summed E-state index contributed by atoms with van der Waals surface area (Å²) in [6.45, 7) is 30.5. The van der Waals surface area contributed by atoms with Crippen molar-refractivity contribution in [3.63, 3.8) is 0 Å². The van der Waals surface area contributed by atoms with Gasteiger partial charge in [0.25, 0.3) is 0 Å². The topological polar surface area (TPSA) is 369 Å². The van der Waals surface area contributed by atoms with Crippen LogP contribution < -0.4 is 46.1 Å². The van der Waals surface area contributed by atoms with Crippen LogP contribution in [0.5, 0.6) is 17.2 Å². The molecule has 3 amide bonds. The number of phosphoric ester groups is 1. The number of hydrogen-bond donors (Lipinski definition) is 9. The third-order valence-corrected chi connectivity index (χ3v) is 23.2. The Labute approximate surface area is 724 Å². The van der Waals surface area contributed by atoms with Crippen LogP contribution in [0.15, 0.2) is 165 Å². The van der Waals surface area contributed by atoms with E-state index in [1.807, 2.05) is 54.6 Å². The number of ether oxygens (including phenoxy) is 3. The number of carbonyl (C=O) groups is 3. The first-order chi connectivity index (χ1) is 59.8. The fraction of sp³-hybridized carbons (Fsp3) is 0.400. The summed E-state index contributed by atoms with van der Waals surface area (Å²) in [6.07, 6.45) is 6.20. The Hall–Kier alpha value is -12.0. The highest BCUT2D eigenvalue weighted by Crippen LogP contribution is 2.50. The molecule has 12 rings (SSSR count). The number of hydrogen-bond acceptors (Lipinski definition) is 25. The van der Waals surface area contributed by atoms with E-state index in [1.165, 1.54) is 73.6 Å². The lowest BCUT2D eigenvalue weighted by molar-refractivity contribution is -0.116. The molecule has 35 heteroatoms. The Kier molecular flexibility index (Phi) is 31.4. The molecule has 3 atom stereocenters. The Morgan fingerprint density at radius 3 is 0.944 bits per heavy atom. The maximum absolute atomic E-state index is 15.5. The van der Waals surface area contributed by atoms with E-state index in [4.69, 9.17) is 27.8 Å². The Morgan fingerprint density at radius 2 is 0.672 bits per heavy atom. The van der Waals surface area contributed by atoms with E-state index in [-0.39, 0.29) is 91.2 Å². The molecule has 0 bridgehead atoms. The van der Waals surface area contributed by atoms with E-state index >= 15 is 4.57 Å². The van der Waals surface area contributed by atoms with E-state index < -0.39 is 25.3 Å². The molecule has 0 spiro atoms. The monoisotopic (exact) mass is 1730 g/mol. The summed E-state index contributed by atoms with van der Waals surface area (Å²) in [4.78, 5) is 72.3. The standard InChI is InChI=1S/C90H111F3N21O10P/c1-58(88(4,5)6)112(31-16-37-119-70-25-28-73-76(52-70)94-55-97-85(73)103-79-46-67(106-109-79)49-82(115)100-64-22-13-19-61(91)43-64)34-40-122-125(118,123-41-35-113(59(2)89(7,8)9)32-17-38-120-71-26-29-74-77(53-71)95-56-98-86(74)104-80-47-68(107-110-80)50-83(116)101-65-23-14-20-62(92)44-65)124-42-36-114(60(3)90(10,11)12)33-18-39-121-72-27-30-75-78(54-72)96-57-99-87(75)105-81-48-69(108-111-81)51-84(117)102-66-24-15-21-63(93)45-66/h13-15,19-30,43-48,52-60H,16-18,31-42,49-51H2,1-12H3,(H,100,115)(H,101,116)(H,102,117)(H2,94,97,103,106,109)(H2,95,98,104,107,110)(H2,96,99,105,108,111). The zero-order valence-corrected chi connectivity index (χ0v) is 73.5. The summed E-state index contributed by atoms with van der Waals surface area (Å²) < 4.78 is 95.3. The quantitative estimate of drug-likeness (QED) is 0.0126. The zero-order valence-electron chi connectivity index (χ0n) is 72.6. The summed E-state index contributed by atoms with van der Waals surface area (Å²) in [5, 5.41) is 41.6. The van der Waals surface area contributed by atoms with Gasteiger partial charge in [-0.05, 0) is 147 Å². The first-order valence-corrected chi connectivity index (χ1v) is 43.2. The Bertz CT molecular complexity index is 5120. The van der Waals surface area contributed by atoms with Crippen LogP contribution >= 0.6 is 7.82 Å². The molecular formula is C90H111F3N21O10P. The van der Waals surface area contributed by atoms with Crippen molar-refractivity contribution >= 4 is 110 Å². The number of H-pyrrole nitrogens is 3. The minimum absolute atomic E-state index is 0.0187. The predicted octanol–water partition coefficient (Wildman–Crippen LogP) is 17.0. The Morgan fingerprint density at radius 1 is 0.384 bits per heavy atom. The molecule has 0 aliphatic heterocycles. The number of nitrogens with zero attached hydrogens (tertiary/aromatic N) is 12. The van der Waals surface area contributed by atoms with Crippen LogP contribution in [0.4, 0.5) is 65.1 Å². The van der Waals surface area contributed by atoms with Crippen LogP contribution in [0.2, 0.25) is 0 Å². The maximum Gasteiger partial charge on any atom is 0.474 e. The number of carbonyl (C=O) groups excluding carboxylic acids is 3. The van der Waals surface area contributed by atoms with Gasteiger partial charge in [0.1, 0.15) is 71.1 Å². The van der Waals surface area contributed by atoms with E-state index in [9.17, 15) is 27.6 Å². The van der Waals surface area contributed by atoms with Crippen LogP contribution in [-0.2, 0) is 51.8 Å². The van der Waals surface area contributed by atoms with Crippen molar-refractivity contribution in [1.82, 2.24) is 75.2 Å². The highest BCUT2D eigenvalue weighted by atomic mass is 31.2. The van der Waals surface area contributed by atoms with Crippen molar-refractivity contribution in [1.29, 1.82) is 0 Å². The van der Waals surface area contributed by atoms with Crippen molar-refractivity contribution < 1.29 is 59.9 Å². The Balaban J connectivity index is 0.672. The first kappa shape index (κ1) is 92.1. The molecule has 0 saturated carbocycles. The minimum Gasteiger partial charge on any atom is -0.493 e. The number of amides is 3. The smallest absolute Gasteiger partial charge is 0.474 e. The SMILES string of the molecule is CC(N(CCCOc1ccc2c(Nc3cc(CC(=O)Nc4cccc(F)c4)[nH]n3)ncnc2c1)CCOP(=O)(OCCN(CCCOc1ccc2c(Nc3cc(CC(=O)Nc4cccc(F)c4)[nH]n3)ncnc2c1)C(C)C(C)(C)C)OCCN(CCCOc1ccc2c(Nc3cc(CC(=O)Nc4cccc(F)c4)[nH]n3)ncnc2c1)C(C)C(C)(C)C)C(C)(C)C. The van der Waals surface area contributed by atoms with Gasteiger partial charge in [0, 0.05) is 144 Å². The molecule has 6 aromatic carbocycles. The number of halogens is 3. The summed E-state index contributed by atoms with van der Waals surface area (Å²) in [7, 11) is -4.28. The number of fused-ring (bicyclic) bond motifs is 3. The average molecular weight is 1730 g/mol. The van der Waals surface area contributed by atoms with E-state index in [2.05, 4.69) is 190 Å². The molecule has 662 valence electrons. The molecule has 6 aromatic heterocycles. The number of phosphoric acid groups is 1. The summed E-state index contributed by atoms with van der Waals surface area (Å²) in [6, 6.07) is 39.1. The molecule has 0 fully saturated rings. The molecule has 9 N–H and O–H groups in total.